The van der Waals surface area contributed by atoms with Crippen LogP contribution < -0.4 is 10.6 Å². The van der Waals surface area contributed by atoms with Gasteiger partial charge in [-0.2, -0.15) is 4.98 Å². The highest BCUT2D eigenvalue weighted by Gasteiger charge is 2.25. The van der Waals surface area contributed by atoms with E-state index in [-0.39, 0.29) is 6.04 Å². The molecular formula is C17H20N8O2. The van der Waals surface area contributed by atoms with Gasteiger partial charge < -0.3 is 24.7 Å². The molecule has 2 aliphatic heterocycles. The highest BCUT2D eigenvalue weighted by Crippen LogP contribution is 2.30. The minimum Gasteiger partial charge on any atom is -0.382 e. The first-order valence-electron chi connectivity index (χ1n) is 9.02. The summed E-state index contributed by atoms with van der Waals surface area (Å²) in [7, 11) is 0. The summed E-state index contributed by atoms with van der Waals surface area (Å²) in [4.78, 5) is 24.9. The fraction of sp³-hybridized carbons (Fsp3) is 0.471. The van der Waals surface area contributed by atoms with Gasteiger partial charge in [0.15, 0.2) is 5.65 Å². The van der Waals surface area contributed by atoms with Crippen LogP contribution in [0, 0.1) is 0 Å². The number of nitrogen functional groups attached to an aromatic ring is 1. The Morgan fingerprint density at radius 1 is 1.00 bits per heavy atom. The van der Waals surface area contributed by atoms with E-state index in [0.717, 1.165) is 31.8 Å². The third kappa shape index (κ3) is 2.96. The Bertz CT molecular complexity index is 945. The molecule has 0 spiro atoms. The number of hydrogen-bond acceptors (Lipinski definition) is 9. The summed E-state index contributed by atoms with van der Waals surface area (Å²) < 4.78 is 13.1. The molecule has 3 aromatic heterocycles. The Labute approximate surface area is 155 Å². The van der Waals surface area contributed by atoms with Crippen LogP contribution in [-0.4, -0.2) is 69.0 Å². The summed E-state index contributed by atoms with van der Waals surface area (Å²) in [6, 6.07) is 0.229. The zero-order chi connectivity index (χ0) is 18.2. The number of nitrogens with two attached hydrogens (primary N) is 1. The van der Waals surface area contributed by atoms with Crippen LogP contribution in [0.15, 0.2) is 18.7 Å². The van der Waals surface area contributed by atoms with Gasteiger partial charge in [0.1, 0.15) is 22.7 Å². The van der Waals surface area contributed by atoms with E-state index in [9.17, 15) is 0 Å². The van der Waals surface area contributed by atoms with Crippen molar-refractivity contribution in [2.75, 3.05) is 50.2 Å². The van der Waals surface area contributed by atoms with Crippen LogP contribution >= 0.6 is 0 Å². The molecule has 5 rings (SSSR count). The van der Waals surface area contributed by atoms with Crippen molar-refractivity contribution in [1.82, 2.24) is 29.5 Å². The summed E-state index contributed by atoms with van der Waals surface area (Å²) >= 11 is 0. The predicted molar refractivity (Wildman–Crippen MR) is 98.3 cm³/mol. The van der Waals surface area contributed by atoms with Gasteiger partial charge in [0, 0.05) is 19.7 Å². The molecule has 10 nitrogen and oxygen atoms in total. The van der Waals surface area contributed by atoms with Gasteiger partial charge in [0.2, 0.25) is 5.95 Å². The van der Waals surface area contributed by atoms with Crippen molar-refractivity contribution in [3.05, 3.63) is 18.7 Å². The molecule has 10 heteroatoms. The minimum absolute atomic E-state index is 0.229. The van der Waals surface area contributed by atoms with E-state index in [1.807, 2.05) is 6.33 Å². The maximum Gasteiger partial charge on any atom is 0.228 e. The monoisotopic (exact) mass is 368 g/mol. The van der Waals surface area contributed by atoms with E-state index < -0.39 is 0 Å². The smallest absolute Gasteiger partial charge is 0.228 e. The number of imidazole rings is 1. The van der Waals surface area contributed by atoms with E-state index in [2.05, 4.69) is 24.4 Å². The SMILES string of the molecule is Nc1cnc(-c2nc(N3CCOCC3)nc3c2ncn3[C@@H]2CCOC2)cn1. The Morgan fingerprint density at radius 2 is 1.89 bits per heavy atom. The highest BCUT2D eigenvalue weighted by molar-refractivity contribution is 5.87. The number of nitrogens with zero attached hydrogens (tertiary/aromatic N) is 7. The normalized spacial score (nSPS) is 20.4. The lowest BCUT2D eigenvalue weighted by molar-refractivity contribution is 0.122. The Morgan fingerprint density at radius 3 is 2.63 bits per heavy atom. The standard InChI is InChI=1S/C17H20N8O2/c18-13-8-19-12(7-20-13)14-15-16(25(10-21-15)11-1-4-27-9-11)23-17(22-14)24-2-5-26-6-3-24/h7-8,10-11H,1-6,9H2,(H2,18,20)/t11-/m1/s1. The van der Waals surface area contributed by atoms with Crippen molar-refractivity contribution in [2.45, 2.75) is 12.5 Å². The summed E-state index contributed by atoms with van der Waals surface area (Å²) in [5.41, 5.74) is 8.47. The number of anilines is 2. The number of morpholine rings is 1. The third-order valence-corrected chi connectivity index (χ3v) is 4.92. The topological polar surface area (TPSA) is 117 Å². The molecule has 0 bridgehead atoms. The molecular weight excluding hydrogens is 348 g/mol. The van der Waals surface area contributed by atoms with Crippen LogP contribution in [0.5, 0.6) is 0 Å². The van der Waals surface area contributed by atoms with Crippen molar-refractivity contribution in [3.63, 3.8) is 0 Å². The summed E-state index contributed by atoms with van der Waals surface area (Å²) in [5.74, 6) is 1.02. The second kappa shape index (κ2) is 6.71. The molecule has 3 aromatic rings. The molecule has 2 N–H and O–H groups in total. The number of ether oxygens (including phenoxy) is 2. The minimum atomic E-state index is 0.229. The molecule has 2 aliphatic rings. The molecule has 0 aliphatic carbocycles. The zero-order valence-electron chi connectivity index (χ0n) is 14.8. The van der Waals surface area contributed by atoms with Crippen molar-refractivity contribution < 1.29 is 9.47 Å². The van der Waals surface area contributed by atoms with Gasteiger partial charge in [0.05, 0.1) is 44.6 Å². The molecule has 1 atom stereocenters. The van der Waals surface area contributed by atoms with Gasteiger partial charge in [-0.3, -0.25) is 0 Å². The van der Waals surface area contributed by atoms with Crippen molar-refractivity contribution in [3.8, 4) is 11.4 Å². The molecule has 0 unspecified atom stereocenters. The number of rotatable bonds is 3. The average molecular weight is 368 g/mol. The van der Waals surface area contributed by atoms with E-state index in [1.54, 1.807) is 6.20 Å². The molecule has 140 valence electrons. The maximum atomic E-state index is 5.69. The molecule has 0 aromatic carbocycles. The summed E-state index contributed by atoms with van der Waals surface area (Å²) in [6.07, 6.45) is 5.91. The van der Waals surface area contributed by atoms with Crippen molar-refractivity contribution in [1.29, 1.82) is 0 Å². The number of hydrogen-bond donors (Lipinski definition) is 1. The Balaban J connectivity index is 1.67. The third-order valence-electron chi connectivity index (χ3n) is 4.92. The largest absolute Gasteiger partial charge is 0.382 e. The molecule has 2 fully saturated rings. The first-order chi connectivity index (χ1) is 13.3. The van der Waals surface area contributed by atoms with Gasteiger partial charge in [-0.05, 0) is 6.42 Å². The van der Waals surface area contributed by atoms with Crippen LogP contribution in [0.3, 0.4) is 0 Å². The molecule has 5 heterocycles. The highest BCUT2D eigenvalue weighted by atomic mass is 16.5. The lowest BCUT2D eigenvalue weighted by Gasteiger charge is -2.27. The van der Waals surface area contributed by atoms with Crippen LogP contribution in [-0.2, 0) is 9.47 Å². The number of aromatic nitrogens is 6. The van der Waals surface area contributed by atoms with Crippen LogP contribution in [0.25, 0.3) is 22.6 Å². The van der Waals surface area contributed by atoms with Gasteiger partial charge in [-0.1, -0.05) is 0 Å². The quantitative estimate of drug-likeness (QED) is 0.711. The van der Waals surface area contributed by atoms with E-state index in [4.69, 9.17) is 25.2 Å². The van der Waals surface area contributed by atoms with E-state index in [1.165, 1.54) is 6.20 Å². The first kappa shape index (κ1) is 16.3. The molecule has 2 saturated heterocycles. The molecule has 0 saturated carbocycles. The lowest BCUT2D eigenvalue weighted by atomic mass is 10.2. The molecule has 0 radical (unpaired) electrons. The van der Waals surface area contributed by atoms with Gasteiger partial charge in [-0.25, -0.2) is 19.9 Å². The lowest BCUT2D eigenvalue weighted by Crippen LogP contribution is -2.37. The fourth-order valence-electron chi connectivity index (χ4n) is 3.46. The maximum absolute atomic E-state index is 5.69. The van der Waals surface area contributed by atoms with Crippen LogP contribution in [0.4, 0.5) is 11.8 Å². The zero-order valence-corrected chi connectivity index (χ0v) is 14.8. The Hall–Kier alpha value is -2.85. The predicted octanol–water partition coefficient (Wildman–Crippen LogP) is 0.663. The van der Waals surface area contributed by atoms with Gasteiger partial charge in [-0.15, -0.1) is 0 Å². The second-order valence-corrected chi connectivity index (χ2v) is 6.64. The summed E-state index contributed by atoms with van der Waals surface area (Å²) in [5, 5.41) is 0. The van der Waals surface area contributed by atoms with Gasteiger partial charge >= 0.3 is 0 Å². The fourth-order valence-corrected chi connectivity index (χ4v) is 3.46. The molecule has 0 amide bonds. The van der Waals surface area contributed by atoms with Gasteiger partial charge in [0.25, 0.3) is 0 Å². The van der Waals surface area contributed by atoms with Crippen molar-refractivity contribution >= 4 is 22.9 Å². The summed E-state index contributed by atoms with van der Waals surface area (Å²) in [6.45, 7) is 4.24. The molecule has 27 heavy (non-hydrogen) atoms. The average Bonchev–Trinajstić information content (AvgIpc) is 3.38. The number of fused-ring (bicyclic) bond motifs is 1. The Kier molecular flexibility index (Phi) is 4.06. The second-order valence-electron chi connectivity index (χ2n) is 6.64. The first-order valence-corrected chi connectivity index (χ1v) is 9.02. The van der Waals surface area contributed by atoms with E-state index in [0.29, 0.717) is 48.5 Å². The van der Waals surface area contributed by atoms with Crippen molar-refractivity contribution in [2.24, 2.45) is 0 Å². The van der Waals surface area contributed by atoms with Crippen LogP contribution in [0.1, 0.15) is 12.5 Å². The van der Waals surface area contributed by atoms with E-state index >= 15 is 0 Å². The van der Waals surface area contributed by atoms with Crippen LogP contribution in [0.2, 0.25) is 0 Å².